The lowest BCUT2D eigenvalue weighted by Gasteiger charge is -2.07. The molecular weight excluding hydrogens is 232 g/mol. The number of nitro benzene ring substituents is 1. The topological polar surface area (TPSA) is 144 Å². The number of nitrogens with two attached hydrogens (primary N) is 1. The maximum absolute atomic E-state index is 10.8. The lowest BCUT2D eigenvalue weighted by Crippen LogP contribution is -2.21. The molecule has 0 aliphatic rings. The van der Waals surface area contributed by atoms with Crippen molar-refractivity contribution in [1.82, 2.24) is 0 Å². The highest BCUT2D eigenvalue weighted by atomic mass is 16.6. The van der Waals surface area contributed by atoms with Crippen LogP contribution in [0, 0.1) is 10.1 Å². The van der Waals surface area contributed by atoms with Crippen molar-refractivity contribution < 1.29 is 24.7 Å². The number of nitro groups is 1. The smallest absolute Gasteiger partial charge is 0.342 e. The summed E-state index contributed by atoms with van der Waals surface area (Å²) in [6, 6.07) is 1.50. The van der Waals surface area contributed by atoms with Crippen molar-refractivity contribution in [2.24, 2.45) is 5.73 Å². The highest BCUT2D eigenvalue weighted by molar-refractivity contribution is 5.93. The van der Waals surface area contributed by atoms with Crippen LogP contribution in [0.4, 0.5) is 5.69 Å². The first-order chi connectivity index (χ1) is 7.84. The number of aromatic carboxylic acids is 1. The van der Waals surface area contributed by atoms with Crippen LogP contribution in [0.5, 0.6) is 0 Å². The van der Waals surface area contributed by atoms with Gasteiger partial charge in [0.05, 0.1) is 4.92 Å². The zero-order chi connectivity index (χ0) is 13.2. The number of hydrogen-bond donors (Lipinski definition) is 3. The summed E-state index contributed by atoms with van der Waals surface area (Å²) in [5, 5.41) is 27.9. The second-order valence-electron chi connectivity index (χ2n) is 3.15. The molecule has 0 bridgehead atoms. The second kappa shape index (κ2) is 4.58. The van der Waals surface area contributed by atoms with E-state index in [4.69, 9.17) is 15.9 Å². The Balaban J connectivity index is 3.33. The highest BCUT2D eigenvalue weighted by Crippen LogP contribution is 2.22. The Morgan fingerprint density at radius 3 is 2.35 bits per heavy atom. The van der Waals surface area contributed by atoms with Crippen LogP contribution in [0.25, 0.3) is 0 Å². The van der Waals surface area contributed by atoms with E-state index in [1.165, 1.54) is 0 Å². The summed E-state index contributed by atoms with van der Waals surface area (Å²) < 4.78 is 0. The molecule has 0 aliphatic heterocycles. The normalized spacial score (nSPS) is 11.8. The molecule has 1 aromatic carbocycles. The van der Waals surface area contributed by atoms with Crippen molar-refractivity contribution in [2.75, 3.05) is 0 Å². The maximum atomic E-state index is 10.8. The largest absolute Gasteiger partial charge is 0.480 e. The Hall–Kier alpha value is -2.48. The molecule has 1 aromatic rings. The molecule has 0 aliphatic carbocycles. The fourth-order valence-corrected chi connectivity index (χ4v) is 1.22. The molecule has 8 heteroatoms. The van der Waals surface area contributed by atoms with Gasteiger partial charge in [0.15, 0.2) is 0 Å². The van der Waals surface area contributed by atoms with Gasteiger partial charge in [-0.3, -0.25) is 14.9 Å². The molecule has 8 nitrogen and oxygen atoms in total. The number of nitrogens with zero attached hydrogens (tertiary/aromatic N) is 1. The fraction of sp³-hybridized carbons (Fsp3) is 0.111. The third-order valence-electron chi connectivity index (χ3n) is 2.07. The van der Waals surface area contributed by atoms with Gasteiger partial charge in [-0.25, -0.2) is 4.79 Å². The molecule has 0 unspecified atom stereocenters. The van der Waals surface area contributed by atoms with E-state index in [0.717, 1.165) is 18.2 Å². The van der Waals surface area contributed by atoms with E-state index in [1.807, 2.05) is 0 Å². The molecule has 0 saturated carbocycles. The lowest BCUT2D eigenvalue weighted by molar-refractivity contribution is -0.385. The van der Waals surface area contributed by atoms with Crippen molar-refractivity contribution in [3.05, 3.63) is 39.4 Å². The van der Waals surface area contributed by atoms with E-state index in [1.54, 1.807) is 0 Å². The second-order valence-corrected chi connectivity index (χ2v) is 3.15. The molecule has 0 heterocycles. The summed E-state index contributed by atoms with van der Waals surface area (Å²) in [4.78, 5) is 31.0. The first-order valence-electron chi connectivity index (χ1n) is 4.34. The quantitative estimate of drug-likeness (QED) is 0.509. The van der Waals surface area contributed by atoms with Gasteiger partial charge in [0, 0.05) is 6.07 Å². The van der Waals surface area contributed by atoms with Gasteiger partial charge in [-0.05, 0) is 17.7 Å². The van der Waals surface area contributed by atoms with Gasteiger partial charge in [0.1, 0.15) is 11.6 Å². The molecule has 0 fully saturated rings. The summed E-state index contributed by atoms with van der Waals surface area (Å²) in [5.74, 6) is -2.87. The number of aliphatic carboxylic acids is 1. The predicted molar refractivity (Wildman–Crippen MR) is 54.6 cm³/mol. The van der Waals surface area contributed by atoms with E-state index < -0.39 is 34.2 Å². The number of carbonyl (C=O) groups is 2. The van der Waals surface area contributed by atoms with Crippen LogP contribution in [0.1, 0.15) is 22.0 Å². The van der Waals surface area contributed by atoms with Crippen LogP contribution < -0.4 is 5.73 Å². The predicted octanol–water partition coefficient (Wildman–Crippen LogP) is 0.377. The summed E-state index contributed by atoms with van der Waals surface area (Å²) in [6.45, 7) is 0. The van der Waals surface area contributed by atoms with Crippen LogP contribution >= 0.6 is 0 Å². The van der Waals surface area contributed by atoms with E-state index in [9.17, 15) is 19.7 Å². The van der Waals surface area contributed by atoms with E-state index in [2.05, 4.69) is 0 Å². The molecule has 90 valence electrons. The number of carboxylic acid groups (broad SMARTS) is 2. The Bertz CT molecular complexity index is 498. The number of benzene rings is 1. The Kier molecular flexibility index (Phi) is 3.39. The van der Waals surface area contributed by atoms with Gasteiger partial charge in [-0.15, -0.1) is 0 Å². The van der Waals surface area contributed by atoms with Crippen molar-refractivity contribution in [1.29, 1.82) is 0 Å². The SMILES string of the molecule is N[C@H](C(=O)O)c1ccc([N+](=O)[O-])c(C(=O)O)c1. The molecule has 0 amide bonds. The average molecular weight is 240 g/mol. The molecule has 1 rings (SSSR count). The molecule has 0 spiro atoms. The minimum absolute atomic E-state index is 0.0134. The van der Waals surface area contributed by atoms with Gasteiger partial charge in [0.25, 0.3) is 5.69 Å². The molecule has 1 atom stereocenters. The van der Waals surface area contributed by atoms with Gasteiger partial charge in [-0.1, -0.05) is 0 Å². The molecule has 17 heavy (non-hydrogen) atoms. The van der Waals surface area contributed by atoms with E-state index >= 15 is 0 Å². The molecule has 4 N–H and O–H groups in total. The lowest BCUT2D eigenvalue weighted by atomic mass is 10.0. The van der Waals surface area contributed by atoms with Crippen LogP contribution in [0.3, 0.4) is 0 Å². The third-order valence-corrected chi connectivity index (χ3v) is 2.07. The number of rotatable bonds is 4. The molecule has 0 saturated heterocycles. The first kappa shape index (κ1) is 12.6. The summed E-state index contributed by atoms with van der Waals surface area (Å²) >= 11 is 0. The van der Waals surface area contributed by atoms with Crippen molar-refractivity contribution in [2.45, 2.75) is 6.04 Å². The number of carboxylic acids is 2. The Labute approximate surface area is 94.4 Å². The zero-order valence-corrected chi connectivity index (χ0v) is 8.36. The monoisotopic (exact) mass is 240 g/mol. The Morgan fingerprint density at radius 1 is 1.35 bits per heavy atom. The van der Waals surface area contributed by atoms with Crippen molar-refractivity contribution >= 4 is 17.6 Å². The van der Waals surface area contributed by atoms with Crippen LogP contribution in [0.2, 0.25) is 0 Å². The molecule has 0 aromatic heterocycles. The first-order valence-corrected chi connectivity index (χ1v) is 4.34. The highest BCUT2D eigenvalue weighted by Gasteiger charge is 2.23. The summed E-state index contributed by atoms with van der Waals surface area (Å²) in [7, 11) is 0. The van der Waals surface area contributed by atoms with Gasteiger partial charge >= 0.3 is 11.9 Å². The summed E-state index contributed by atoms with van der Waals surface area (Å²) in [5.41, 5.74) is 4.05. The van der Waals surface area contributed by atoms with Crippen molar-refractivity contribution in [3.63, 3.8) is 0 Å². The standard InChI is InChI=1S/C9H8N2O6/c10-7(9(14)15)4-1-2-6(11(16)17)5(3-4)8(12)13/h1-3,7H,10H2,(H,12,13)(H,14,15)/t7-/m0/s1. The minimum Gasteiger partial charge on any atom is -0.480 e. The minimum atomic E-state index is -1.52. The fourth-order valence-electron chi connectivity index (χ4n) is 1.22. The van der Waals surface area contributed by atoms with Crippen LogP contribution in [-0.2, 0) is 4.79 Å². The van der Waals surface area contributed by atoms with E-state index in [-0.39, 0.29) is 5.56 Å². The van der Waals surface area contributed by atoms with Gasteiger partial charge < -0.3 is 15.9 Å². The van der Waals surface area contributed by atoms with E-state index in [0.29, 0.717) is 0 Å². The van der Waals surface area contributed by atoms with Crippen molar-refractivity contribution in [3.8, 4) is 0 Å². The number of hydrogen-bond acceptors (Lipinski definition) is 5. The van der Waals surface area contributed by atoms with Crippen LogP contribution in [0.15, 0.2) is 18.2 Å². The summed E-state index contributed by atoms with van der Waals surface area (Å²) in [6.07, 6.45) is 0. The molecule has 0 radical (unpaired) electrons. The zero-order valence-electron chi connectivity index (χ0n) is 8.36. The average Bonchev–Trinajstić information content (AvgIpc) is 2.26. The Morgan fingerprint density at radius 2 is 1.94 bits per heavy atom. The maximum Gasteiger partial charge on any atom is 0.342 e. The van der Waals surface area contributed by atoms with Crippen LogP contribution in [-0.4, -0.2) is 27.1 Å². The van der Waals surface area contributed by atoms with Gasteiger partial charge in [-0.2, -0.15) is 0 Å². The van der Waals surface area contributed by atoms with Gasteiger partial charge in [0.2, 0.25) is 0 Å². The molecular formula is C9H8N2O6. The third kappa shape index (κ3) is 2.55.